The van der Waals surface area contributed by atoms with Gasteiger partial charge in [0.05, 0.1) is 0 Å². The van der Waals surface area contributed by atoms with Gasteiger partial charge in [0.1, 0.15) is 0 Å². The van der Waals surface area contributed by atoms with E-state index in [1.54, 1.807) is 6.92 Å². The topological polar surface area (TPSA) is 216 Å². The Balaban J connectivity index is 0. The van der Waals surface area contributed by atoms with E-state index in [1.807, 2.05) is 6.07 Å². The van der Waals surface area contributed by atoms with Crippen LogP contribution >= 0.6 is 0 Å². The molecule has 0 aliphatic heterocycles. The second kappa shape index (κ2) is 10.9. The zero-order valence-electron chi connectivity index (χ0n) is 16.0. The Kier molecular flexibility index (Phi) is 11.3. The molecular formula is C12H19N2NaO11S3. The number of hydrogen-bond acceptors (Lipinski definition) is 9. The largest absolute Gasteiger partial charge is 1.00 e. The maximum Gasteiger partial charge on any atom is 1.00 e. The molecule has 0 spiro atoms. The van der Waals surface area contributed by atoms with Crippen molar-refractivity contribution >= 4 is 47.7 Å². The van der Waals surface area contributed by atoms with Crippen molar-refractivity contribution in [3.8, 4) is 0 Å². The maximum atomic E-state index is 11.6. The van der Waals surface area contributed by atoms with Crippen LogP contribution in [-0.4, -0.2) is 71.1 Å². The van der Waals surface area contributed by atoms with Gasteiger partial charge in [0.2, 0.25) is 10.1 Å². The summed E-state index contributed by atoms with van der Waals surface area (Å²) in [7, 11) is -12.3. The van der Waals surface area contributed by atoms with Crippen LogP contribution in [-0.2, 0) is 35.1 Å². The molecule has 0 saturated heterocycles. The summed E-state index contributed by atoms with van der Waals surface area (Å²) in [6.45, 7) is 1.60. The first-order chi connectivity index (χ1) is 12.4. The predicted octanol–water partition coefficient (Wildman–Crippen LogP) is -3.18. The van der Waals surface area contributed by atoms with Gasteiger partial charge in [-0.2, -0.15) is 16.8 Å². The Bertz CT molecular complexity index is 1060. The number of nitrogens with one attached hydrogen (secondary N) is 1. The number of carboxylic acid groups (broad SMARTS) is 1. The van der Waals surface area contributed by atoms with E-state index in [2.05, 4.69) is 5.32 Å². The van der Waals surface area contributed by atoms with Crippen molar-refractivity contribution in [3.05, 3.63) is 6.07 Å². The van der Waals surface area contributed by atoms with Crippen molar-refractivity contribution in [3.63, 3.8) is 0 Å². The molecule has 1 aromatic carbocycles. The van der Waals surface area contributed by atoms with Gasteiger partial charge in [-0.05, 0) is 12.7 Å². The summed E-state index contributed by atoms with van der Waals surface area (Å²) >= 11 is 0. The van der Waals surface area contributed by atoms with Crippen molar-refractivity contribution in [2.75, 3.05) is 31.4 Å². The van der Waals surface area contributed by atoms with Crippen LogP contribution in [0.1, 0.15) is 13.3 Å². The van der Waals surface area contributed by atoms with Crippen molar-refractivity contribution in [2.24, 2.45) is 0 Å². The molecule has 0 aliphatic rings. The summed E-state index contributed by atoms with van der Waals surface area (Å²) in [6, 6.07) is 2.00. The Morgan fingerprint density at radius 2 is 1.34 bits per heavy atom. The monoisotopic (exact) mass is 486 g/mol. The number of nitrogens with zero attached hydrogens (tertiary/aromatic N) is 1. The Morgan fingerprint density at radius 3 is 1.55 bits per heavy atom. The third kappa shape index (κ3) is 8.35. The zero-order valence-corrected chi connectivity index (χ0v) is 20.5. The number of rotatable bonds is 6. The molecule has 1 rings (SSSR count). The average molecular weight is 486 g/mol. The second-order valence-electron chi connectivity index (χ2n) is 5.15. The average Bonchev–Trinajstić information content (AvgIpc) is 2.50. The van der Waals surface area contributed by atoms with E-state index >= 15 is 0 Å². The molecule has 1 aromatic rings. The molecule has 5 N–H and O–H groups in total. The fourth-order valence-corrected chi connectivity index (χ4v) is 5.09. The summed E-state index contributed by atoms with van der Waals surface area (Å²) < 4.78 is 96.4. The molecule has 29 heavy (non-hydrogen) atoms. The van der Waals surface area contributed by atoms with E-state index in [9.17, 15) is 39.2 Å². The Hall–Kier alpha value is -0.980. The predicted molar refractivity (Wildman–Crippen MR) is 96.5 cm³/mol. The Morgan fingerprint density at radius 1 is 0.966 bits per heavy atom. The minimum Gasteiger partial charge on any atom is -0.481 e. The summed E-state index contributed by atoms with van der Waals surface area (Å²) in [6.07, 6.45) is 0.222. The van der Waals surface area contributed by atoms with Crippen LogP contribution in [0, 0.1) is 6.07 Å². The minimum absolute atomic E-state index is 0. The SMILES string of the molecule is CCC(=O)O.CNc1c(N(C)C)[c-]c(S(=O)(=O)O)c(S(=O)(=O)O)c1S(=O)(=O)O.[Na+]. The zero-order chi connectivity index (χ0) is 22.7. The molecule has 17 heteroatoms. The first-order valence-corrected chi connectivity index (χ1v) is 11.3. The number of hydrogen-bond donors (Lipinski definition) is 5. The van der Waals surface area contributed by atoms with Gasteiger partial charge in [-0.3, -0.25) is 18.5 Å². The molecule has 0 amide bonds. The first-order valence-electron chi connectivity index (χ1n) is 7.02. The van der Waals surface area contributed by atoms with Gasteiger partial charge in [0.15, 0.2) is 0 Å². The van der Waals surface area contributed by atoms with Crippen molar-refractivity contribution in [1.82, 2.24) is 0 Å². The summed E-state index contributed by atoms with van der Waals surface area (Å²) in [4.78, 5) is 5.85. The van der Waals surface area contributed by atoms with Crippen LogP contribution in [0.25, 0.3) is 0 Å². The van der Waals surface area contributed by atoms with Crippen LogP contribution in [0.3, 0.4) is 0 Å². The van der Waals surface area contributed by atoms with Crippen molar-refractivity contribution < 1.29 is 78.4 Å². The molecule has 0 aromatic heterocycles. The molecule has 162 valence electrons. The first kappa shape index (κ1) is 30.2. The standard InChI is InChI=1S/C9H13N2O9S3.C3H6O2.Na/c1-10-7-5(11(2)3)4-6(21(12,13)14)8(22(15,16)17)9(7)23(18,19)20;1-2-3(4)5;/h10H,1-3H3,(H,12,13,14)(H,15,16,17)(H,18,19,20);2H2,1H3,(H,4,5);/q-1;;+1. The summed E-state index contributed by atoms with van der Waals surface area (Å²) in [5.74, 6) is -0.745. The van der Waals surface area contributed by atoms with Gasteiger partial charge in [-0.1, -0.05) is 12.6 Å². The van der Waals surface area contributed by atoms with E-state index < -0.39 is 56.7 Å². The van der Waals surface area contributed by atoms with Crippen LogP contribution in [0.5, 0.6) is 0 Å². The van der Waals surface area contributed by atoms with Crippen LogP contribution in [0.2, 0.25) is 0 Å². The van der Waals surface area contributed by atoms with Crippen LogP contribution < -0.4 is 39.8 Å². The molecule has 13 nitrogen and oxygen atoms in total. The third-order valence-corrected chi connectivity index (χ3v) is 5.81. The van der Waals surface area contributed by atoms with E-state index in [-0.39, 0.29) is 41.7 Å². The number of benzene rings is 1. The molecule has 0 radical (unpaired) electrons. The fourth-order valence-electron chi connectivity index (χ4n) is 1.78. The molecule has 0 fully saturated rings. The van der Waals surface area contributed by atoms with Gasteiger partial charge in [0, 0.05) is 35.2 Å². The number of anilines is 2. The smallest absolute Gasteiger partial charge is 0.481 e. The van der Waals surface area contributed by atoms with E-state index in [1.165, 1.54) is 14.1 Å². The van der Waals surface area contributed by atoms with E-state index in [0.29, 0.717) is 0 Å². The van der Waals surface area contributed by atoms with E-state index in [0.717, 1.165) is 11.9 Å². The molecule has 0 atom stereocenters. The summed E-state index contributed by atoms with van der Waals surface area (Å²) in [5, 5.41) is 10.0. The second-order valence-corrected chi connectivity index (χ2v) is 9.23. The maximum absolute atomic E-state index is 11.6. The molecule has 0 heterocycles. The van der Waals surface area contributed by atoms with Crippen LogP contribution in [0.4, 0.5) is 11.4 Å². The van der Waals surface area contributed by atoms with Crippen LogP contribution in [0.15, 0.2) is 14.7 Å². The van der Waals surface area contributed by atoms with Gasteiger partial charge < -0.3 is 15.3 Å². The van der Waals surface area contributed by atoms with Gasteiger partial charge >= 0.3 is 35.5 Å². The minimum atomic E-state index is -5.47. The molecular weight excluding hydrogens is 467 g/mol. The van der Waals surface area contributed by atoms with E-state index in [4.69, 9.17) is 9.66 Å². The van der Waals surface area contributed by atoms with Crippen molar-refractivity contribution in [2.45, 2.75) is 28.0 Å². The molecule has 0 aliphatic carbocycles. The number of carbonyl (C=O) groups is 1. The Labute approximate surface area is 190 Å². The normalized spacial score (nSPS) is 11.6. The quantitative estimate of drug-likeness (QED) is 0.152. The van der Waals surface area contributed by atoms with Gasteiger partial charge in [-0.15, -0.1) is 6.07 Å². The third-order valence-electron chi connectivity index (χ3n) is 2.88. The van der Waals surface area contributed by atoms with Gasteiger partial charge in [0.25, 0.3) is 20.2 Å². The molecule has 0 saturated carbocycles. The number of aliphatic carboxylic acids is 1. The van der Waals surface area contributed by atoms with Crippen molar-refractivity contribution in [1.29, 1.82) is 0 Å². The molecule has 0 unspecified atom stereocenters. The summed E-state index contributed by atoms with van der Waals surface area (Å²) in [5.41, 5.74) is -0.849. The fraction of sp³-hybridized carbons (Fsp3) is 0.417. The molecule has 0 bridgehead atoms. The number of carboxylic acids is 1. The van der Waals surface area contributed by atoms with Gasteiger partial charge in [-0.25, -0.2) is 8.42 Å².